The Morgan fingerprint density at radius 3 is 2.56 bits per heavy atom. The summed E-state index contributed by atoms with van der Waals surface area (Å²) in [5.74, 6) is 0.831. The summed E-state index contributed by atoms with van der Waals surface area (Å²) in [7, 11) is 1.79. The van der Waals surface area contributed by atoms with Crippen LogP contribution in [0.3, 0.4) is 0 Å². The second-order valence-electron chi connectivity index (χ2n) is 5.64. The zero-order valence-electron chi connectivity index (χ0n) is 15.1. The largest absolute Gasteiger partial charge is 0.374 e. The Morgan fingerprint density at radius 2 is 1.92 bits per heavy atom. The molecule has 0 aliphatic rings. The van der Waals surface area contributed by atoms with E-state index in [4.69, 9.17) is 4.74 Å². The predicted molar refractivity (Wildman–Crippen MR) is 118 cm³/mol. The molecule has 1 aromatic heterocycles. The molecule has 0 saturated heterocycles. The Kier molecular flexibility index (Phi) is 10.8. The number of thiophene rings is 1. The van der Waals surface area contributed by atoms with Gasteiger partial charge in [-0.05, 0) is 38.0 Å². The summed E-state index contributed by atoms with van der Waals surface area (Å²) in [6.07, 6.45) is 1.07. The number of nitrogens with zero attached hydrogens (tertiary/aromatic N) is 1. The first-order chi connectivity index (χ1) is 11.7. The Balaban J connectivity index is 0.00000312. The number of aliphatic imine (C=N–C) groups is 1. The molecular weight excluding hydrogens is 445 g/mol. The number of benzene rings is 1. The number of hydrogen-bond donors (Lipinski definition) is 2. The Bertz CT molecular complexity index is 631. The van der Waals surface area contributed by atoms with Crippen LogP contribution in [0, 0.1) is 6.92 Å². The van der Waals surface area contributed by atoms with Crippen LogP contribution in [0.2, 0.25) is 0 Å². The van der Waals surface area contributed by atoms with Gasteiger partial charge in [0.25, 0.3) is 0 Å². The van der Waals surface area contributed by atoms with Gasteiger partial charge in [-0.25, -0.2) is 0 Å². The maximum absolute atomic E-state index is 5.88. The Labute approximate surface area is 172 Å². The van der Waals surface area contributed by atoms with Crippen LogP contribution in [0.25, 0.3) is 0 Å². The minimum absolute atomic E-state index is 0. The summed E-state index contributed by atoms with van der Waals surface area (Å²) in [5.41, 5.74) is 1.22. The lowest BCUT2D eigenvalue weighted by Gasteiger charge is -2.14. The fraction of sp³-hybridized carbons (Fsp3) is 0.421. The molecule has 6 heteroatoms. The topological polar surface area (TPSA) is 45.7 Å². The van der Waals surface area contributed by atoms with Crippen molar-refractivity contribution in [2.45, 2.75) is 32.9 Å². The van der Waals surface area contributed by atoms with E-state index in [1.807, 2.05) is 29.5 Å². The third kappa shape index (κ3) is 8.20. The van der Waals surface area contributed by atoms with Gasteiger partial charge in [0.15, 0.2) is 5.96 Å². The van der Waals surface area contributed by atoms with Gasteiger partial charge in [-0.3, -0.25) is 4.99 Å². The quantitative estimate of drug-likeness (QED) is 0.257. The van der Waals surface area contributed by atoms with Gasteiger partial charge in [-0.1, -0.05) is 30.3 Å². The van der Waals surface area contributed by atoms with E-state index in [-0.39, 0.29) is 30.1 Å². The van der Waals surface area contributed by atoms with Crippen LogP contribution in [-0.2, 0) is 11.3 Å². The van der Waals surface area contributed by atoms with Crippen molar-refractivity contribution in [3.8, 4) is 0 Å². The van der Waals surface area contributed by atoms with Gasteiger partial charge in [0.05, 0.1) is 12.6 Å². The van der Waals surface area contributed by atoms with E-state index in [0.717, 1.165) is 32.1 Å². The first-order valence-electron chi connectivity index (χ1n) is 8.35. The van der Waals surface area contributed by atoms with Gasteiger partial charge in [0, 0.05) is 30.0 Å². The minimum Gasteiger partial charge on any atom is -0.374 e. The molecule has 1 unspecified atom stereocenters. The van der Waals surface area contributed by atoms with Crippen LogP contribution in [0.1, 0.15) is 34.8 Å². The van der Waals surface area contributed by atoms with Gasteiger partial charge in [0.1, 0.15) is 0 Å². The Hall–Kier alpha value is -1.12. The van der Waals surface area contributed by atoms with Crippen molar-refractivity contribution < 1.29 is 4.74 Å². The number of aryl methyl sites for hydroxylation is 1. The standard InChI is InChI=1S/C19H27N3OS.HI/c1-15-10-11-18(24-15)14-22-19(20-3)21-12-7-13-23-16(2)17-8-5-4-6-9-17;/h4-6,8-11,16H,7,12-14H2,1-3H3,(H2,20,21,22);1H. The normalized spacial score (nSPS) is 12.4. The summed E-state index contributed by atoms with van der Waals surface area (Å²) >= 11 is 1.81. The summed E-state index contributed by atoms with van der Waals surface area (Å²) in [5, 5.41) is 6.66. The van der Waals surface area contributed by atoms with E-state index in [1.165, 1.54) is 15.3 Å². The number of halogens is 1. The van der Waals surface area contributed by atoms with E-state index >= 15 is 0 Å². The molecule has 138 valence electrons. The molecule has 0 fully saturated rings. The third-order valence-electron chi connectivity index (χ3n) is 3.70. The van der Waals surface area contributed by atoms with Crippen LogP contribution in [0.5, 0.6) is 0 Å². The highest BCUT2D eigenvalue weighted by atomic mass is 127. The number of guanidine groups is 1. The second kappa shape index (κ2) is 12.3. The first-order valence-corrected chi connectivity index (χ1v) is 9.17. The number of nitrogens with one attached hydrogen (secondary N) is 2. The summed E-state index contributed by atoms with van der Waals surface area (Å²) in [6.45, 7) is 6.58. The van der Waals surface area contributed by atoms with Gasteiger partial charge in [-0.2, -0.15) is 0 Å². The molecule has 1 atom stereocenters. The maximum atomic E-state index is 5.88. The summed E-state index contributed by atoms with van der Waals surface area (Å²) < 4.78 is 5.88. The van der Waals surface area contributed by atoms with Gasteiger partial charge >= 0.3 is 0 Å². The van der Waals surface area contributed by atoms with Gasteiger partial charge < -0.3 is 15.4 Å². The molecule has 2 rings (SSSR count). The van der Waals surface area contributed by atoms with Crippen LogP contribution in [0.4, 0.5) is 0 Å². The van der Waals surface area contributed by atoms with E-state index in [0.29, 0.717) is 0 Å². The molecule has 0 spiro atoms. The number of ether oxygens (including phenoxy) is 1. The third-order valence-corrected chi connectivity index (χ3v) is 4.70. The maximum Gasteiger partial charge on any atom is 0.191 e. The monoisotopic (exact) mass is 473 g/mol. The molecule has 0 aliphatic carbocycles. The van der Waals surface area contributed by atoms with Crippen molar-refractivity contribution in [2.24, 2.45) is 4.99 Å². The van der Waals surface area contributed by atoms with Gasteiger partial charge in [0.2, 0.25) is 0 Å². The van der Waals surface area contributed by atoms with Gasteiger partial charge in [-0.15, -0.1) is 35.3 Å². The molecule has 25 heavy (non-hydrogen) atoms. The lowest BCUT2D eigenvalue weighted by atomic mass is 10.1. The zero-order valence-corrected chi connectivity index (χ0v) is 18.3. The molecule has 0 radical (unpaired) electrons. The average molecular weight is 473 g/mol. The Morgan fingerprint density at radius 1 is 1.16 bits per heavy atom. The number of hydrogen-bond acceptors (Lipinski definition) is 3. The predicted octanol–water partition coefficient (Wildman–Crippen LogP) is 4.51. The lowest BCUT2D eigenvalue weighted by Crippen LogP contribution is -2.37. The van der Waals surface area contributed by atoms with Crippen molar-refractivity contribution in [3.63, 3.8) is 0 Å². The highest BCUT2D eigenvalue weighted by molar-refractivity contribution is 14.0. The van der Waals surface area contributed by atoms with Crippen molar-refractivity contribution in [1.82, 2.24) is 10.6 Å². The van der Waals surface area contributed by atoms with Crippen LogP contribution in [0.15, 0.2) is 47.5 Å². The van der Waals surface area contributed by atoms with Crippen LogP contribution in [-0.4, -0.2) is 26.2 Å². The summed E-state index contributed by atoms with van der Waals surface area (Å²) in [4.78, 5) is 6.90. The van der Waals surface area contributed by atoms with E-state index < -0.39 is 0 Å². The van der Waals surface area contributed by atoms with E-state index in [2.05, 4.69) is 53.7 Å². The minimum atomic E-state index is 0. The highest BCUT2D eigenvalue weighted by Crippen LogP contribution is 2.16. The molecule has 1 heterocycles. The lowest BCUT2D eigenvalue weighted by molar-refractivity contribution is 0.0646. The molecule has 1 aromatic carbocycles. The fourth-order valence-corrected chi connectivity index (χ4v) is 3.16. The van der Waals surface area contributed by atoms with E-state index in [1.54, 1.807) is 7.05 Å². The van der Waals surface area contributed by atoms with E-state index in [9.17, 15) is 0 Å². The molecule has 0 aliphatic heterocycles. The highest BCUT2D eigenvalue weighted by Gasteiger charge is 2.04. The molecule has 2 N–H and O–H groups in total. The van der Waals surface area contributed by atoms with Crippen molar-refractivity contribution >= 4 is 41.3 Å². The fourth-order valence-electron chi connectivity index (χ4n) is 2.33. The average Bonchev–Trinajstić information content (AvgIpc) is 3.03. The molecule has 0 bridgehead atoms. The number of rotatable bonds is 8. The van der Waals surface area contributed by atoms with Crippen molar-refractivity contribution in [1.29, 1.82) is 0 Å². The van der Waals surface area contributed by atoms with Crippen LogP contribution < -0.4 is 10.6 Å². The molecule has 2 aromatic rings. The molecule has 0 saturated carbocycles. The van der Waals surface area contributed by atoms with Crippen molar-refractivity contribution in [2.75, 3.05) is 20.2 Å². The first kappa shape index (κ1) is 21.9. The second-order valence-corrected chi connectivity index (χ2v) is 7.01. The van der Waals surface area contributed by atoms with Crippen molar-refractivity contribution in [3.05, 3.63) is 57.8 Å². The van der Waals surface area contributed by atoms with Crippen LogP contribution >= 0.6 is 35.3 Å². The zero-order chi connectivity index (χ0) is 17.2. The molecular formula is C19H28IN3OS. The molecule has 0 amide bonds. The SMILES string of the molecule is CN=C(NCCCOC(C)c1ccccc1)NCc1ccc(C)s1.I. The smallest absolute Gasteiger partial charge is 0.191 e. The summed E-state index contributed by atoms with van der Waals surface area (Å²) in [6, 6.07) is 14.6. The molecule has 4 nitrogen and oxygen atoms in total.